The van der Waals surface area contributed by atoms with Crippen LogP contribution in [0.15, 0.2) is 41.3 Å². The molecule has 0 bridgehead atoms. The Hall–Kier alpha value is -2.00. The summed E-state index contributed by atoms with van der Waals surface area (Å²) in [6.45, 7) is 3.37. The highest BCUT2D eigenvalue weighted by atomic mass is 35.5. The van der Waals surface area contributed by atoms with Gasteiger partial charge in [0.1, 0.15) is 0 Å². The van der Waals surface area contributed by atoms with Crippen LogP contribution in [-0.2, 0) is 10.0 Å². The Morgan fingerprint density at radius 2 is 1.71 bits per heavy atom. The Morgan fingerprint density at radius 1 is 1.06 bits per heavy atom. The van der Waals surface area contributed by atoms with Gasteiger partial charge in [-0.05, 0) is 42.8 Å². The van der Waals surface area contributed by atoms with Gasteiger partial charge in [-0.2, -0.15) is 4.31 Å². The summed E-state index contributed by atoms with van der Waals surface area (Å²) in [7, 11) is -2.16. The standard InChI is InChI=1S/C21H24Cl2N2O5S/c1-3-12-30-20-18(23)13-15(14-19(20)29-2)21(26)24-8-10-25(11-9-24)31(27,28)17-6-4-16(22)5-7-17/h4-7,13-14H,3,8-12H2,1-2H3. The molecule has 0 unspecified atom stereocenters. The molecule has 3 rings (SSSR count). The second-order valence-corrected chi connectivity index (χ2v) is 9.77. The summed E-state index contributed by atoms with van der Waals surface area (Å²) in [5, 5.41) is 0.759. The van der Waals surface area contributed by atoms with E-state index in [0.29, 0.717) is 33.7 Å². The van der Waals surface area contributed by atoms with E-state index in [1.165, 1.54) is 23.5 Å². The van der Waals surface area contributed by atoms with Crippen LogP contribution in [0, 0.1) is 0 Å². The second-order valence-electron chi connectivity index (χ2n) is 6.99. The number of halogens is 2. The maximum Gasteiger partial charge on any atom is 0.254 e. The zero-order valence-corrected chi connectivity index (χ0v) is 19.6. The van der Waals surface area contributed by atoms with Crippen molar-refractivity contribution < 1.29 is 22.7 Å². The minimum absolute atomic E-state index is 0.177. The van der Waals surface area contributed by atoms with Gasteiger partial charge in [-0.3, -0.25) is 4.79 Å². The van der Waals surface area contributed by atoms with Crippen molar-refractivity contribution in [3.8, 4) is 11.5 Å². The third-order valence-corrected chi connectivity index (χ3v) is 7.35. The molecular formula is C21H24Cl2N2O5S. The minimum atomic E-state index is -3.65. The van der Waals surface area contributed by atoms with Crippen LogP contribution < -0.4 is 9.47 Å². The molecule has 1 heterocycles. The fraction of sp³-hybridized carbons (Fsp3) is 0.381. The number of ether oxygens (including phenoxy) is 2. The maximum absolute atomic E-state index is 13.0. The van der Waals surface area contributed by atoms with Crippen molar-refractivity contribution in [2.75, 3.05) is 39.9 Å². The molecule has 1 aliphatic heterocycles. The van der Waals surface area contributed by atoms with Crippen LogP contribution in [0.4, 0.5) is 0 Å². The first-order valence-electron chi connectivity index (χ1n) is 9.83. The van der Waals surface area contributed by atoms with Crippen molar-refractivity contribution in [1.29, 1.82) is 0 Å². The molecule has 0 radical (unpaired) electrons. The van der Waals surface area contributed by atoms with Gasteiger partial charge in [-0.1, -0.05) is 30.1 Å². The van der Waals surface area contributed by atoms with Crippen LogP contribution in [0.5, 0.6) is 11.5 Å². The number of rotatable bonds is 7. The molecule has 2 aromatic carbocycles. The lowest BCUT2D eigenvalue weighted by Crippen LogP contribution is -2.50. The van der Waals surface area contributed by atoms with E-state index in [-0.39, 0.29) is 37.0 Å². The minimum Gasteiger partial charge on any atom is -0.493 e. The second kappa shape index (κ2) is 10.1. The Morgan fingerprint density at radius 3 is 2.29 bits per heavy atom. The SMILES string of the molecule is CCCOc1c(Cl)cc(C(=O)N2CCN(S(=O)(=O)c3ccc(Cl)cc3)CC2)cc1OC. The van der Waals surface area contributed by atoms with E-state index in [2.05, 4.69) is 0 Å². The van der Waals surface area contributed by atoms with Crippen LogP contribution in [0.3, 0.4) is 0 Å². The van der Waals surface area contributed by atoms with Gasteiger partial charge in [-0.25, -0.2) is 8.42 Å². The van der Waals surface area contributed by atoms with Gasteiger partial charge in [0, 0.05) is 36.8 Å². The van der Waals surface area contributed by atoms with Gasteiger partial charge in [-0.15, -0.1) is 0 Å². The zero-order valence-electron chi connectivity index (χ0n) is 17.3. The summed E-state index contributed by atoms with van der Waals surface area (Å²) in [6, 6.07) is 9.18. The number of carbonyl (C=O) groups excluding carboxylic acids is 1. The normalized spacial score (nSPS) is 15.0. The molecule has 1 fully saturated rings. The lowest BCUT2D eigenvalue weighted by Gasteiger charge is -2.34. The van der Waals surface area contributed by atoms with E-state index >= 15 is 0 Å². The van der Waals surface area contributed by atoms with Crippen LogP contribution in [0.2, 0.25) is 10.0 Å². The van der Waals surface area contributed by atoms with Gasteiger partial charge in [0.2, 0.25) is 10.0 Å². The Balaban J connectivity index is 1.71. The average molecular weight is 487 g/mol. The number of carbonyl (C=O) groups is 1. The number of sulfonamides is 1. The van der Waals surface area contributed by atoms with Gasteiger partial charge in [0.15, 0.2) is 11.5 Å². The predicted octanol–water partition coefficient (Wildman–Crippen LogP) is 3.94. The number of methoxy groups -OCH3 is 1. The third kappa shape index (κ3) is 5.26. The van der Waals surface area contributed by atoms with Crippen LogP contribution in [0.1, 0.15) is 23.7 Å². The highest BCUT2D eigenvalue weighted by molar-refractivity contribution is 7.89. The van der Waals surface area contributed by atoms with E-state index < -0.39 is 10.0 Å². The molecule has 0 atom stereocenters. The van der Waals surface area contributed by atoms with E-state index in [1.54, 1.807) is 29.2 Å². The molecule has 0 spiro atoms. The van der Waals surface area contributed by atoms with Crippen molar-refractivity contribution in [1.82, 2.24) is 9.21 Å². The molecule has 31 heavy (non-hydrogen) atoms. The summed E-state index contributed by atoms with van der Waals surface area (Å²) >= 11 is 12.2. The van der Waals surface area contributed by atoms with E-state index in [9.17, 15) is 13.2 Å². The molecule has 0 N–H and O–H groups in total. The van der Waals surface area contributed by atoms with Crippen LogP contribution in [0.25, 0.3) is 0 Å². The molecular weight excluding hydrogens is 463 g/mol. The number of hydrogen-bond donors (Lipinski definition) is 0. The largest absolute Gasteiger partial charge is 0.493 e. The van der Waals surface area contributed by atoms with E-state index in [0.717, 1.165) is 6.42 Å². The molecule has 0 aliphatic carbocycles. The fourth-order valence-electron chi connectivity index (χ4n) is 3.26. The summed E-state index contributed by atoms with van der Waals surface area (Å²) in [6.07, 6.45) is 0.809. The van der Waals surface area contributed by atoms with Crippen molar-refractivity contribution >= 4 is 39.1 Å². The lowest BCUT2D eigenvalue weighted by atomic mass is 10.1. The lowest BCUT2D eigenvalue weighted by molar-refractivity contribution is 0.0697. The molecule has 2 aromatic rings. The Kier molecular flexibility index (Phi) is 7.69. The number of hydrogen-bond acceptors (Lipinski definition) is 5. The van der Waals surface area contributed by atoms with Gasteiger partial charge >= 0.3 is 0 Å². The molecule has 7 nitrogen and oxygen atoms in total. The number of amides is 1. The molecule has 0 aromatic heterocycles. The van der Waals surface area contributed by atoms with E-state index in [4.69, 9.17) is 32.7 Å². The van der Waals surface area contributed by atoms with Crippen LogP contribution in [-0.4, -0.2) is 63.4 Å². The number of benzene rings is 2. The van der Waals surface area contributed by atoms with Crippen molar-refractivity contribution in [3.05, 3.63) is 52.0 Å². The Bertz CT molecular complexity index is 1040. The zero-order chi connectivity index (χ0) is 22.6. The number of nitrogens with zero attached hydrogens (tertiary/aromatic N) is 2. The summed E-state index contributed by atoms with van der Waals surface area (Å²) in [5.41, 5.74) is 0.361. The first kappa shape index (κ1) is 23.7. The summed E-state index contributed by atoms with van der Waals surface area (Å²) in [5.74, 6) is 0.542. The quantitative estimate of drug-likeness (QED) is 0.592. The van der Waals surface area contributed by atoms with Gasteiger partial charge in [0.05, 0.1) is 23.6 Å². The predicted molar refractivity (Wildman–Crippen MR) is 120 cm³/mol. The van der Waals surface area contributed by atoms with Crippen molar-refractivity contribution in [3.63, 3.8) is 0 Å². The summed E-state index contributed by atoms with van der Waals surface area (Å²) in [4.78, 5) is 14.8. The summed E-state index contributed by atoms with van der Waals surface area (Å²) < 4.78 is 38.0. The third-order valence-electron chi connectivity index (χ3n) is 4.90. The van der Waals surface area contributed by atoms with Crippen LogP contribution >= 0.6 is 23.2 Å². The monoisotopic (exact) mass is 486 g/mol. The highest BCUT2D eigenvalue weighted by Crippen LogP contribution is 2.37. The Labute approximate surface area is 192 Å². The fourth-order valence-corrected chi connectivity index (χ4v) is 5.07. The maximum atomic E-state index is 13.0. The first-order chi connectivity index (χ1) is 14.8. The molecule has 1 amide bonds. The molecule has 1 saturated heterocycles. The van der Waals surface area contributed by atoms with Crippen molar-refractivity contribution in [2.45, 2.75) is 18.2 Å². The van der Waals surface area contributed by atoms with E-state index in [1.807, 2.05) is 6.92 Å². The average Bonchev–Trinajstić information content (AvgIpc) is 2.77. The highest BCUT2D eigenvalue weighted by Gasteiger charge is 2.31. The molecule has 168 valence electrons. The molecule has 10 heteroatoms. The molecule has 1 aliphatic rings. The first-order valence-corrected chi connectivity index (χ1v) is 12.0. The smallest absolute Gasteiger partial charge is 0.254 e. The molecule has 0 saturated carbocycles. The van der Waals surface area contributed by atoms with Gasteiger partial charge in [0.25, 0.3) is 5.91 Å². The number of piperazine rings is 1. The topological polar surface area (TPSA) is 76.2 Å². The van der Waals surface area contributed by atoms with Gasteiger partial charge < -0.3 is 14.4 Å². The van der Waals surface area contributed by atoms with Crippen molar-refractivity contribution in [2.24, 2.45) is 0 Å².